The Bertz CT molecular complexity index is 425. The summed E-state index contributed by atoms with van der Waals surface area (Å²) in [5, 5.41) is 4.52. The van der Waals surface area contributed by atoms with E-state index < -0.39 is 0 Å². The molecular formula is C12H15N3S. The molecule has 0 atom stereocenters. The molecule has 84 valence electrons. The Hall–Kier alpha value is -1.26. The van der Waals surface area contributed by atoms with Gasteiger partial charge in [-0.05, 0) is 18.1 Å². The molecule has 3 nitrogen and oxygen atoms in total. The van der Waals surface area contributed by atoms with Crippen LogP contribution < -0.4 is 5.32 Å². The van der Waals surface area contributed by atoms with Gasteiger partial charge in [0.05, 0.1) is 0 Å². The maximum absolute atomic E-state index is 4.36. The van der Waals surface area contributed by atoms with Crippen molar-refractivity contribution in [3.63, 3.8) is 0 Å². The zero-order valence-electron chi connectivity index (χ0n) is 9.31. The van der Waals surface area contributed by atoms with E-state index in [-0.39, 0.29) is 0 Å². The van der Waals surface area contributed by atoms with E-state index in [1.807, 2.05) is 18.5 Å². The second kappa shape index (κ2) is 5.72. The second-order valence-corrected chi connectivity index (χ2v) is 4.74. The van der Waals surface area contributed by atoms with E-state index in [0.29, 0.717) is 0 Å². The highest BCUT2D eigenvalue weighted by Crippen LogP contribution is 2.12. The van der Waals surface area contributed by atoms with E-state index in [4.69, 9.17) is 0 Å². The normalized spacial score (nSPS) is 10.6. The number of pyridine rings is 1. The van der Waals surface area contributed by atoms with Gasteiger partial charge in [-0.15, -0.1) is 11.3 Å². The van der Waals surface area contributed by atoms with Crippen molar-refractivity contribution in [3.05, 3.63) is 46.2 Å². The van der Waals surface area contributed by atoms with Crippen LogP contribution in [-0.2, 0) is 19.5 Å². The summed E-state index contributed by atoms with van der Waals surface area (Å²) >= 11 is 1.78. The molecule has 0 bridgehead atoms. The van der Waals surface area contributed by atoms with Gasteiger partial charge in [0.1, 0.15) is 5.01 Å². The lowest BCUT2D eigenvalue weighted by Gasteiger charge is -2.01. The molecule has 0 aliphatic heterocycles. The number of hydrogen-bond donors (Lipinski definition) is 1. The standard InChI is InChI=1S/C12H15N3S/c1-2-11-8-15-12(16-11)9-14-7-10-4-3-5-13-6-10/h3-6,8,14H,2,7,9H2,1H3. The van der Waals surface area contributed by atoms with Gasteiger partial charge >= 0.3 is 0 Å². The van der Waals surface area contributed by atoms with Crippen LogP contribution in [0.4, 0.5) is 0 Å². The summed E-state index contributed by atoms with van der Waals surface area (Å²) in [4.78, 5) is 9.78. The van der Waals surface area contributed by atoms with Gasteiger partial charge in [0, 0.05) is 36.6 Å². The maximum atomic E-state index is 4.36. The van der Waals surface area contributed by atoms with Crippen LogP contribution in [0.1, 0.15) is 22.4 Å². The van der Waals surface area contributed by atoms with Crippen molar-refractivity contribution < 1.29 is 0 Å². The van der Waals surface area contributed by atoms with Crippen LogP contribution in [0.5, 0.6) is 0 Å². The van der Waals surface area contributed by atoms with Crippen molar-refractivity contribution in [1.82, 2.24) is 15.3 Å². The fraction of sp³-hybridized carbons (Fsp3) is 0.333. The average molecular weight is 233 g/mol. The van der Waals surface area contributed by atoms with Gasteiger partial charge in [0.15, 0.2) is 0 Å². The summed E-state index contributed by atoms with van der Waals surface area (Å²) in [7, 11) is 0. The molecule has 0 fully saturated rings. The van der Waals surface area contributed by atoms with E-state index >= 15 is 0 Å². The monoisotopic (exact) mass is 233 g/mol. The highest BCUT2D eigenvalue weighted by atomic mass is 32.1. The Balaban J connectivity index is 1.80. The third kappa shape index (κ3) is 3.12. The van der Waals surface area contributed by atoms with Crippen molar-refractivity contribution in [3.8, 4) is 0 Å². The van der Waals surface area contributed by atoms with E-state index in [0.717, 1.165) is 24.5 Å². The van der Waals surface area contributed by atoms with Crippen LogP contribution in [0.15, 0.2) is 30.7 Å². The van der Waals surface area contributed by atoms with Crippen molar-refractivity contribution in [2.24, 2.45) is 0 Å². The molecule has 0 aliphatic carbocycles. The van der Waals surface area contributed by atoms with Crippen LogP contribution in [0.3, 0.4) is 0 Å². The van der Waals surface area contributed by atoms with Crippen molar-refractivity contribution >= 4 is 11.3 Å². The number of rotatable bonds is 5. The van der Waals surface area contributed by atoms with Crippen molar-refractivity contribution in [2.75, 3.05) is 0 Å². The summed E-state index contributed by atoms with van der Waals surface area (Å²) in [6.07, 6.45) is 6.70. The minimum atomic E-state index is 0.833. The molecule has 16 heavy (non-hydrogen) atoms. The molecule has 1 N–H and O–H groups in total. The predicted octanol–water partition coefficient (Wildman–Crippen LogP) is 2.39. The van der Waals surface area contributed by atoms with E-state index in [1.165, 1.54) is 10.4 Å². The number of nitrogens with one attached hydrogen (secondary N) is 1. The SMILES string of the molecule is CCc1cnc(CNCc2cccnc2)s1. The smallest absolute Gasteiger partial charge is 0.107 e. The molecule has 0 unspecified atom stereocenters. The molecule has 0 amide bonds. The Morgan fingerprint density at radius 1 is 1.31 bits per heavy atom. The Labute approximate surface area is 99.6 Å². The lowest BCUT2D eigenvalue weighted by atomic mass is 10.3. The van der Waals surface area contributed by atoms with Crippen LogP contribution in [0, 0.1) is 0 Å². The zero-order chi connectivity index (χ0) is 11.2. The Kier molecular flexibility index (Phi) is 4.02. The van der Waals surface area contributed by atoms with Gasteiger partial charge in [-0.1, -0.05) is 13.0 Å². The third-order valence-electron chi connectivity index (χ3n) is 2.28. The maximum Gasteiger partial charge on any atom is 0.107 e. The van der Waals surface area contributed by atoms with Gasteiger partial charge < -0.3 is 5.32 Å². The molecular weight excluding hydrogens is 218 g/mol. The van der Waals surface area contributed by atoms with E-state index in [9.17, 15) is 0 Å². The Morgan fingerprint density at radius 2 is 2.25 bits per heavy atom. The van der Waals surface area contributed by atoms with Crippen LogP contribution in [-0.4, -0.2) is 9.97 Å². The summed E-state index contributed by atoms with van der Waals surface area (Å²) in [6, 6.07) is 4.02. The first-order chi connectivity index (χ1) is 7.88. The Morgan fingerprint density at radius 3 is 2.94 bits per heavy atom. The van der Waals surface area contributed by atoms with Crippen LogP contribution in [0.25, 0.3) is 0 Å². The molecule has 4 heteroatoms. The van der Waals surface area contributed by atoms with Crippen molar-refractivity contribution in [1.29, 1.82) is 0 Å². The number of nitrogens with zero attached hydrogens (tertiary/aromatic N) is 2. The third-order valence-corrected chi connectivity index (χ3v) is 3.42. The minimum absolute atomic E-state index is 0.833. The fourth-order valence-corrected chi connectivity index (χ4v) is 2.24. The number of aromatic nitrogens is 2. The molecule has 0 aliphatic rings. The fourth-order valence-electron chi connectivity index (χ4n) is 1.41. The zero-order valence-corrected chi connectivity index (χ0v) is 10.1. The number of hydrogen-bond acceptors (Lipinski definition) is 4. The first-order valence-electron chi connectivity index (χ1n) is 5.41. The summed E-state index contributed by atoms with van der Waals surface area (Å²) < 4.78 is 0. The van der Waals surface area contributed by atoms with Gasteiger partial charge in [-0.2, -0.15) is 0 Å². The number of thiazole rings is 1. The molecule has 2 aromatic heterocycles. The quantitative estimate of drug-likeness (QED) is 0.861. The van der Waals surface area contributed by atoms with Crippen molar-refractivity contribution in [2.45, 2.75) is 26.4 Å². The number of aryl methyl sites for hydroxylation is 1. The van der Waals surface area contributed by atoms with E-state index in [1.54, 1.807) is 17.5 Å². The van der Waals surface area contributed by atoms with E-state index in [2.05, 4.69) is 28.3 Å². The first kappa shape index (κ1) is 11.2. The average Bonchev–Trinajstić information content (AvgIpc) is 2.78. The van der Waals surface area contributed by atoms with Gasteiger partial charge in [0.2, 0.25) is 0 Å². The minimum Gasteiger partial charge on any atom is -0.306 e. The first-order valence-corrected chi connectivity index (χ1v) is 6.23. The highest BCUT2D eigenvalue weighted by molar-refractivity contribution is 7.11. The van der Waals surface area contributed by atoms with Gasteiger partial charge in [-0.3, -0.25) is 4.98 Å². The van der Waals surface area contributed by atoms with Crippen LogP contribution in [0.2, 0.25) is 0 Å². The molecule has 2 aromatic rings. The molecule has 0 aromatic carbocycles. The van der Waals surface area contributed by atoms with Gasteiger partial charge in [-0.25, -0.2) is 4.98 Å². The molecule has 2 heterocycles. The molecule has 0 radical (unpaired) electrons. The van der Waals surface area contributed by atoms with Gasteiger partial charge in [0.25, 0.3) is 0 Å². The highest BCUT2D eigenvalue weighted by Gasteiger charge is 1.99. The summed E-state index contributed by atoms with van der Waals surface area (Å²) in [5.74, 6) is 0. The largest absolute Gasteiger partial charge is 0.306 e. The van der Waals surface area contributed by atoms with Crippen LogP contribution >= 0.6 is 11.3 Å². The molecule has 0 saturated heterocycles. The molecule has 2 rings (SSSR count). The summed E-state index contributed by atoms with van der Waals surface area (Å²) in [6.45, 7) is 3.83. The summed E-state index contributed by atoms with van der Waals surface area (Å²) in [5.41, 5.74) is 1.20. The lowest BCUT2D eigenvalue weighted by Crippen LogP contribution is -2.12. The topological polar surface area (TPSA) is 37.8 Å². The predicted molar refractivity (Wildman–Crippen MR) is 66.3 cm³/mol. The lowest BCUT2D eigenvalue weighted by molar-refractivity contribution is 0.688. The molecule has 0 spiro atoms. The second-order valence-electron chi connectivity index (χ2n) is 3.54. The molecule has 0 saturated carbocycles.